The Labute approximate surface area is 187 Å². The highest BCUT2D eigenvalue weighted by Gasteiger charge is 2.21. The van der Waals surface area contributed by atoms with Gasteiger partial charge in [-0.15, -0.1) is 11.8 Å². The summed E-state index contributed by atoms with van der Waals surface area (Å²) in [7, 11) is 3.20. The van der Waals surface area contributed by atoms with E-state index >= 15 is 0 Å². The van der Waals surface area contributed by atoms with Gasteiger partial charge in [0.1, 0.15) is 0 Å². The van der Waals surface area contributed by atoms with Crippen molar-refractivity contribution in [3.05, 3.63) is 53.6 Å². The molecule has 8 heteroatoms. The van der Waals surface area contributed by atoms with E-state index in [1.165, 1.54) is 11.8 Å². The topological polar surface area (TPSA) is 77.1 Å². The van der Waals surface area contributed by atoms with Crippen LogP contribution in [0.2, 0.25) is 0 Å². The van der Waals surface area contributed by atoms with Gasteiger partial charge in [0.25, 0.3) is 5.91 Å². The molecular weight excluding hydrogens is 416 g/mol. The van der Waals surface area contributed by atoms with E-state index in [1.54, 1.807) is 19.1 Å². The van der Waals surface area contributed by atoms with Crippen LogP contribution in [-0.2, 0) is 16.0 Å². The molecule has 1 N–H and O–H groups in total. The fourth-order valence-corrected chi connectivity index (χ4v) is 4.16. The summed E-state index contributed by atoms with van der Waals surface area (Å²) in [5, 5.41) is 2.94. The Hall–Kier alpha value is -2.71. The number of carbonyl (C=O) groups is 2. The maximum absolute atomic E-state index is 12.8. The summed E-state index contributed by atoms with van der Waals surface area (Å²) in [6.45, 7) is 2.82. The van der Waals surface area contributed by atoms with Crippen molar-refractivity contribution in [1.29, 1.82) is 0 Å². The Morgan fingerprint density at radius 2 is 1.81 bits per heavy atom. The number of hydrogen-bond donors (Lipinski definition) is 1. The van der Waals surface area contributed by atoms with Crippen molar-refractivity contribution >= 4 is 23.6 Å². The SMILES string of the molecule is COc1ccc(CCNC(=O)CSc2ccccc2C(=O)N2CCOCC2)cc1OC. The normalized spacial score (nSPS) is 13.5. The smallest absolute Gasteiger partial charge is 0.255 e. The minimum atomic E-state index is -0.0703. The molecule has 31 heavy (non-hydrogen) atoms. The van der Waals surface area contributed by atoms with E-state index in [0.29, 0.717) is 56.3 Å². The van der Waals surface area contributed by atoms with Crippen LogP contribution in [0.4, 0.5) is 0 Å². The third-order valence-electron chi connectivity index (χ3n) is 4.96. The van der Waals surface area contributed by atoms with Crippen LogP contribution in [0.5, 0.6) is 11.5 Å². The summed E-state index contributed by atoms with van der Waals surface area (Å²) in [6, 6.07) is 13.1. The number of methoxy groups -OCH3 is 2. The van der Waals surface area contributed by atoms with E-state index in [4.69, 9.17) is 14.2 Å². The number of nitrogens with one attached hydrogen (secondary N) is 1. The molecule has 0 saturated carbocycles. The van der Waals surface area contributed by atoms with Crippen LogP contribution < -0.4 is 14.8 Å². The van der Waals surface area contributed by atoms with Gasteiger partial charge in [-0.25, -0.2) is 0 Å². The lowest BCUT2D eigenvalue weighted by molar-refractivity contribution is -0.118. The summed E-state index contributed by atoms with van der Waals surface area (Å²) >= 11 is 1.38. The molecule has 0 aromatic heterocycles. The van der Waals surface area contributed by atoms with Gasteiger partial charge in [0.15, 0.2) is 11.5 Å². The van der Waals surface area contributed by atoms with Crippen LogP contribution in [0.3, 0.4) is 0 Å². The lowest BCUT2D eigenvalue weighted by Gasteiger charge is -2.27. The average molecular weight is 445 g/mol. The second-order valence-corrected chi connectivity index (χ2v) is 8.00. The van der Waals surface area contributed by atoms with Gasteiger partial charge in [-0.2, -0.15) is 0 Å². The molecule has 3 rings (SSSR count). The number of thioether (sulfide) groups is 1. The van der Waals surface area contributed by atoms with Crippen LogP contribution in [-0.4, -0.2) is 69.5 Å². The molecule has 166 valence electrons. The molecule has 0 unspecified atom stereocenters. The van der Waals surface area contributed by atoms with Gasteiger partial charge in [-0.05, 0) is 36.2 Å². The average Bonchev–Trinajstić information content (AvgIpc) is 2.83. The lowest BCUT2D eigenvalue weighted by Crippen LogP contribution is -2.40. The molecule has 0 spiro atoms. The Morgan fingerprint density at radius 1 is 1.06 bits per heavy atom. The third kappa shape index (κ3) is 6.38. The molecule has 0 aliphatic carbocycles. The Morgan fingerprint density at radius 3 is 2.55 bits per heavy atom. The maximum atomic E-state index is 12.8. The molecule has 0 atom stereocenters. The van der Waals surface area contributed by atoms with E-state index < -0.39 is 0 Å². The minimum absolute atomic E-state index is 0.0136. The van der Waals surface area contributed by atoms with E-state index in [9.17, 15) is 9.59 Å². The van der Waals surface area contributed by atoms with Gasteiger partial charge in [0, 0.05) is 24.5 Å². The van der Waals surface area contributed by atoms with E-state index in [2.05, 4.69) is 5.32 Å². The van der Waals surface area contributed by atoms with Crippen molar-refractivity contribution in [2.24, 2.45) is 0 Å². The van der Waals surface area contributed by atoms with E-state index in [1.807, 2.05) is 42.5 Å². The molecule has 0 bridgehead atoms. The zero-order valence-electron chi connectivity index (χ0n) is 17.9. The van der Waals surface area contributed by atoms with Crippen molar-refractivity contribution in [1.82, 2.24) is 10.2 Å². The first-order chi connectivity index (χ1) is 15.1. The predicted octanol–water partition coefficient (Wildman–Crippen LogP) is 2.63. The zero-order valence-corrected chi connectivity index (χ0v) is 18.7. The quantitative estimate of drug-likeness (QED) is 0.599. The summed E-state index contributed by atoms with van der Waals surface area (Å²) in [5.74, 6) is 1.51. The Bertz CT molecular complexity index is 899. The van der Waals surface area contributed by atoms with Gasteiger partial charge in [0.2, 0.25) is 5.91 Å². The molecule has 1 aliphatic rings. The molecule has 2 amide bonds. The first-order valence-corrected chi connectivity index (χ1v) is 11.2. The predicted molar refractivity (Wildman–Crippen MR) is 120 cm³/mol. The van der Waals surface area contributed by atoms with E-state index in [0.717, 1.165) is 10.5 Å². The Balaban J connectivity index is 1.49. The number of morpholine rings is 1. The van der Waals surface area contributed by atoms with Crippen LogP contribution in [0.25, 0.3) is 0 Å². The number of nitrogens with zero attached hydrogens (tertiary/aromatic N) is 1. The summed E-state index contributed by atoms with van der Waals surface area (Å²) in [6.07, 6.45) is 0.683. The van der Waals surface area contributed by atoms with Crippen LogP contribution in [0.15, 0.2) is 47.4 Å². The van der Waals surface area contributed by atoms with Crippen LogP contribution >= 0.6 is 11.8 Å². The second-order valence-electron chi connectivity index (χ2n) is 6.98. The fraction of sp³-hybridized carbons (Fsp3) is 0.391. The van der Waals surface area contributed by atoms with Crippen LogP contribution in [0, 0.1) is 0 Å². The van der Waals surface area contributed by atoms with Gasteiger partial charge >= 0.3 is 0 Å². The summed E-state index contributed by atoms with van der Waals surface area (Å²) in [5.41, 5.74) is 1.68. The van der Waals surface area contributed by atoms with Crippen molar-refractivity contribution in [3.8, 4) is 11.5 Å². The first kappa shape index (κ1) is 23.0. The second kappa shape index (κ2) is 11.6. The molecule has 1 aliphatic heterocycles. The molecule has 2 aromatic rings. The number of ether oxygens (including phenoxy) is 3. The lowest BCUT2D eigenvalue weighted by atomic mass is 10.1. The molecule has 7 nitrogen and oxygen atoms in total. The van der Waals surface area contributed by atoms with Crippen molar-refractivity contribution in [2.75, 3.05) is 52.8 Å². The number of hydrogen-bond acceptors (Lipinski definition) is 6. The monoisotopic (exact) mass is 444 g/mol. The van der Waals surface area contributed by atoms with Gasteiger partial charge in [-0.3, -0.25) is 9.59 Å². The maximum Gasteiger partial charge on any atom is 0.255 e. The highest BCUT2D eigenvalue weighted by molar-refractivity contribution is 8.00. The minimum Gasteiger partial charge on any atom is -0.493 e. The molecule has 1 saturated heterocycles. The van der Waals surface area contributed by atoms with Crippen LogP contribution in [0.1, 0.15) is 15.9 Å². The van der Waals surface area contributed by atoms with Gasteiger partial charge < -0.3 is 24.4 Å². The highest BCUT2D eigenvalue weighted by Crippen LogP contribution is 2.27. The summed E-state index contributed by atoms with van der Waals surface area (Å²) in [4.78, 5) is 27.8. The summed E-state index contributed by atoms with van der Waals surface area (Å²) < 4.78 is 15.9. The van der Waals surface area contributed by atoms with E-state index in [-0.39, 0.29) is 17.6 Å². The molecule has 1 fully saturated rings. The first-order valence-electron chi connectivity index (χ1n) is 10.2. The molecule has 0 radical (unpaired) electrons. The van der Waals surface area contributed by atoms with Crippen molar-refractivity contribution in [3.63, 3.8) is 0 Å². The number of benzene rings is 2. The third-order valence-corrected chi connectivity index (χ3v) is 6.03. The number of rotatable bonds is 9. The molecule has 2 aromatic carbocycles. The highest BCUT2D eigenvalue weighted by atomic mass is 32.2. The standard InChI is InChI=1S/C23H28N2O5S/c1-28-19-8-7-17(15-20(19)29-2)9-10-24-22(26)16-31-21-6-4-3-5-18(21)23(27)25-11-13-30-14-12-25/h3-8,15H,9-14,16H2,1-2H3,(H,24,26). The van der Waals surface area contributed by atoms with Gasteiger partial charge in [-0.1, -0.05) is 18.2 Å². The number of amides is 2. The Kier molecular flexibility index (Phi) is 8.61. The fourth-order valence-electron chi connectivity index (χ4n) is 3.28. The van der Waals surface area contributed by atoms with Gasteiger partial charge in [0.05, 0.1) is 38.7 Å². The van der Waals surface area contributed by atoms with Crippen molar-refractivity contribution < 1.29 is 23.8 Å². The van der Waals surface area contributed by atoms with Crippen molar-refractivity contribution in [2.45, 2.75) is 11.3 Å². The molecule has 1 heterocycles. The zero-order chi connectivity index (χ0) is 22.1. The molecular formula is C23H28N2O5S. The number of carbonyl (C=O) groups excluding carboxylic acids is 2. The largest absolute Gasteiger partial charge is 0.493 e.